The number of likely N-dealkylation sites (N-methyl/N-ethyl adjacent to an activating group) is 1. The van der Waals surface area contributed by atoms with E-state index in [1.54, 1.807) is 0 Å². The minimum absolute atomic E-state index is 0.0262. The first-order valence-corrected chi connectivity index (χ1v) is 7.19. The molecule has 1 aromatic heterocycles. The molecular weight excluding hydrogens is 238 g/mol. The standard InChI is InChI=1S/C15H21N3O/c1-2-18-14(19)11-13(12-3-7-16-8-4-12)15(18)5-9-17-10-6-15/h3-4,7-8,13,17H,2,5-6,9-11H2,1H3/t13-/m0/s1. The third kappa shape index (κ3) is 1.94. The number of aromatic nitrogens is 1. The molecule has 2 saturated heterocycles. The molecular formula is C15H21N3O. The van der Waals surface area contributed by atoms with E-state index in [0.717, 1.165) is 32.5 Å². The average Bonchev–Trinajstić information content (AvgIpc) is 2.72. The van der Waals surface area contributed by atoms with Gasteiger partial charge in [-0.25, -0.2) is 0 Å². The Hall–Kier alpha value is -1.42. The van der Waals surface area contributed by atoms with Crippen LogP contribution in [0.4, 0.5) is 0 Å². The number of rotatable bonds is 2. The molecule has 0 radical (unpaired) electrons. The Kier molecular flexibility index (Phi) is 3.27. The molecule has 1 spiro atoms. The fourth-order valence-electron chi connectivity index (χ4n) is 3.90. The van der Waals surface area contributed by atoms with E-state index in [1.165, 1.54) is 5.56 Å². The molecule has 0 aliphatic carbocycles. The van der Waals surface area contributed by atoms with Crippen molar-refractivity contribution in [3.8, 4) is 0 Å². The number of carbonyl (C=O) groups excluding carboxylic acids is 1. The quantitative estimate of drug-likeness (QED) is 0.876. The summed E-state index contributed by atoms with van der Waals surface area (Å²) in [6.07, 6.45) is 6.43. The van der Waals surface area contributed by atoms with Crippen molar-refractivity contribution < 1.29 is 4.79 Å². The molecule has 3 rings (SSSR count). The van der Waals surface area contributed by atoms with Gasteiger partial charge in [-0.1, -0.05) is 0 Å². The molecule has 0 aromatic carbocycles. The summed E-state index contributed by atoms with van der Waals surface area (Å²) < 4.78 is 0. The van der Waals surface area contributed by atoms with Crippen molar-refractivity contribution in [2.45, 2.75) is 37.6 Å². The maximum absolute atomic E-state index is 12.4. The van der Waals surface area contributed by atoms with E-state index in [-0.39, 0.29) is 5.54 Å². The molecule has 0 unspecified atom stereocenters. The lowest BCUT2D eigenvalue weighted by Crippen LogP contribution is -2.54. The number of likely N-dealkylation sites (tertiary alicyclic amines) is 1. The van der Waals surface area contributed by atoms with Crippen LogP contribution in [0.25, 0.3) is 0 Å². The van der Waals surface area contributed by atoms with Gasteiger partial charge < -0.3 is 10.2 Å². The number of nitrogens with one attached hydrogen (secondary N) is 1. The van der Waals surface area contributed by atoms with Crippen molar-refractivity contribution in [3.05, 3.63) is 30.1 Å². The van der Waals surface area contributed by atoms with E-state index < -0.39 is 0 Å². The minimum Gasteiger partial charge on any atom is -0.337 e. The van der Waals surface area contributed by atoms with E-state index >= 15 is 0 Å². The number of hydrogen-bond acceptors (Lipinski definition) is 3. The van der Waals surface area contributed by atoms with Crippen molar-refractivity contribution in [2.75, 3.05) is 19.6 Å². The lowest BCUT2D eigenvalue weighted by molar-refractivity contribution is -0.131. The van der Waals surface area contributed by atoms with Gasteiger partial charge in [-0.3, -0.25) is 9.78 Å². The van der Waals surface area contributed by atoms with Gasteiger partial charge in [0.05, 0.1) is 5.54 Å². The van der Waals surface area contributed by atoms with Gasteiger partial charge in [0.25, 0.3) is 0 Å². The lowest BCUT2D eigenvalue weighted by Gasteiger charge is -2.45. The molecule has 2 aliphatic rings. The first-order chi connectivity index (χ1) is 9.28. The van der Waals surface area contributed by atoms with E-state index in [4.69, 9.17) is 0 Å². The highest BCUT2D eigenvalue weighted by Gasteiger charge is 2.52. The zero-order chi connectivity index (χ0) is 13.3. The molecule has 1 aromatic rings. The molecule has 4 nitrogen and oxygen atoms in total. The van der Waals surface area contributed by atoms with E-state index in [2.05, 4.69) is 34.3 Å². The summed E-state index contributed by atoms with van der Waals surface area (Å²) in [5.74, 6) is 0.635. The lowest BCUT2D eigenvalue weighted by atomic mass is 9.74. The van der Waals surface area contributed by atoms with Crippen molar-refractivity contribution in [3.63, 3.8) is 0 Å². The van der Waals surface area contributed by atoms with Crippen molar-refractivity contribution >= 4 is 5.91 Å². The Morgan fingerprint density at radius 2 is 2.05 bits per heavy atom. The monoisotopic (exact) mass is 259 g/mol. The number of amides is 1. The fourth-order valence-corrected chi connectivity index (χ4v) is 3.90. The van der Waals surface area contributed by atoms with Crippen LogP contribution in [0.15, 0.2) is 24.5 Å². The van der Waals surface area contributed by atoms with Gasteiger partial charge in [0, 0.05) is 31.3 Å². The average molecular weight is 259 g/mol. The van der Waals surface area contributed by atoms with Crippen LogP contribution >= 0.6 is 0 Å². The van der Waals surface area contributed by atoms with E-state index in [0.29, 0.717) is 18.2 Å². The summed E-state index contributed by atoms with van der Waals surface area (Å²) in [5.41, 5.74) is 1.29. The van der Waals surface area contributed by atoms with Gasteiger partial charge >= 0.3 is 0 Å². The number of pyridine rings is 1. The second-order valence-electron chi connectivity index (χ2n) is 5.53. The van der Waals surface area contributed by atoms with Gasteiger partial charge in [-0.2, -0.15) is 0 Å². The van der Waals surface area contributed by atoms with Crippen molar-refractivity contribution in [2.24, 2.45) is 0 Å². The molecule has 0 bridgehead atoms. The Morgan fingerprint density at radius 3 is 2.68 bits per heavy atom. The van der Waals surface area contributed by atoms with Crippen molar-refractivity contribution in [1.82, 2.24) is 15.2 Å². The Bertz CT molecular complexity index is 454. The number of nitrogens with zero attached hydrogens (tertiary/aromatic N) is 2. The van der Waals surface area contributed by atoms with Gasteiger partial charge in [0.15, 0.2) is 0 Å². The first kappa shape index (κ1) is 12.6. The van der Waals surface area contributed by atoms with Crippen LogP contribution in [0.5, 0.6) is 0 Å². The molecule has 1 N–H and O–H groups in total. The Balaban J connectivity index is 2.00. The maximum atomic E-state index is 12.4. The fraction of sp³-hybridized carbons (Fsp3) is 0.600. The van der Waals surface area contributed by atoms with Crippen LogP contribution in [0.2, 0.25) is 0 Å². The van der Waals surface area contributed by atoms with E-state index in [9.17, 15) is 4.79 Å². The molecule has 102 valence electrons. The zero-order valence-electron chi connectivity index (χ0n) is 11.4. The van der Waals surface area contributed by atoms with Crippen LogP contribution in [-0.4, -0.2) is 41.0 Å². The molecule has 1 amide bonds. The predicted molar refractivity (Wildman–Crippen MR) is 73.8 cm³/mol. The summed E-state index contributed by atoms with van der Waals surface area (Å²) in [5, 5.41) is 3.42. The summed E-state index contributed by atoms with van der Waals surface area (Å²) >= 11 is 0. The molecule has 1 atom stereocenters. The highest BCUT2D eigenvalue weighted by atomic mass is 16.2. The SMILES string of the molecule is CCN1C(=O)C[C@@H](c2ccncc2)C12CCNCC2. The normalized spacial score (nSPS) is 26.1. The topological polar surface area (TPSA) is 45.2 Å². The minimum atomic E-state index is 0.0262. The first-order valence-electron chi connectivity index (χ1n) is 7.19. The van der Waals surface area contributed by atoms with Crippen LogP contribution in [0, 0.1) is 0 Å². The van der Waals surface area contributed by atoms with Gasteiger partial charge in [-0.15, -0.1) is 0 Å². The predicted octanol–water partition coefficient (Wildman–Crippen LogP) is 1.54. The second-order valence-corrected chi connectivity index (χ2v) is 5.53. The molecule has 4 heteroatoms. The molecule has 2 aliphatic heterocycles. The third-order valence-corrected chi connectivity index (χ3v) is 4.76. The Morgan fingerprint density at radius 1 is 1.37 bits per heavy atom. The highest BCUT2D eigenvalue weighted by molar-refractivity contribution is 5.81. The summed E-state index contributed by atoms with van der Waals surface area (Å²) in [7, 11) is 0. The van der Waals surface area contributed by atoms with Crippen molar-refractivity contribution in [1.29, 1.82) is 0 Å². The zero-order valence-corrected chi connectivity index (χ0v) is 11.4. The summed E-state index contributed by atoms with van der Waals surface area (Å²) in [6, 6.07) is 4.14. The number of carbonyl (C=O) groups is 1. The second kappa shape index (κ2) is 4.93. The smallest absolute Gasteiger partial charge is 0.223 e. The van der Waals surface area contributed by atoms with Crippen LogP contribution in [0.3, 0.4) is 0 Å². The highest BCUT2D eigenvalue weighted by Crippen LogP contribution is 2.47. The Labute approximate surface area is 114 Å². The largest absolute Gasteiger partial charge is 0.337 e. The molecule has 3 heterocycles. The summed E-state index contributed by atoms with van der Waals surface area (Å²) in [4.78, 5) is 18.6. The van der Waals surface area contributed by atoms with Gasteiger partial charge in [0.1, 0.15) is 0 Å². The molecule has 19 heavy (non-hydrogen) atoms. The molecule has 2 fully saturated rings. The number of piperidine rings is 1. The van der Waals surface area contributed by atoms with Gasteiger partial charge in [0.2, 0.25) is 5.91 Å². The van der Waals surface area contributed by atoms with Gasteiger partial charge in [-0.05, 0) is 50.6 Å². The van der Waals surface area contributed by atoms with E-state index in [1.807, 2.05) is 12.4 Å². The van der Waals surface area contributed by atoms with Crippen LogP contribution in [0.1, 0.15) is 37.7 Å². The summed E-state index contributed by atoms with van der Waals surface area (Å²) in [6.45, 7) is 4.92. The number of hydrogen-bond donors (Lipinski definition) is 1. The van der Waals surface area contributed by atoms with Crippen LogP contribution < -0.4 is 5.32 Å². The maximum Gasteiger partial charge on any atom is 0.223 e. The van der Waals surface area contributed by atoms with Crippen LogP contribution in [-0.2, 0) is 4.79 Å². The third-order valence-electron chi connectivity index (χ3n) is 4.76. The molecule has 0 saturated carbocycles.